The first-order chi connectivity index (χ1) is 5.96. The molecule has 2 nitrogen and oxygen atoms in total. The van der Waals surface area contributed by atoms with Crippen molar-refractivity contribution in [3.05, 3.63) is 0 Å². The van der Waals surface area contributed by atoms with Crippen molar-refractivity contribution in [1.29, 1.82) is 0 Å². The zero-order chi connectivity index (χ0) is 10.1. The summed E-state index contributed by atoms with van der Waals surface area (Å²) < 4.78 is 0. The fourth-order valence-corrected chi connectivity index (χ4v) is 1.96. The van der Waals surface area contributed by atoms with Crippen molar-refractivity contribution < 1.29 is 4.79 Å². The lowest BCUT2D eigenvalue weighted by molar-refractivity contribution is -0.131. The number of piperidine rings is 1. The van der Waals surface area contributed by atoms with Crippen LogP contribution >= 0.6 is 0 Å². The maximum absolute atomic E-state index is 11.7. The van der Waals surface area contributed by atoms with Crippen LogP contribution in [0, 0.1) is 11.8 Å². The third-order valence-electron chi connectivity index (χ3n) is 3.21. The Bertz CT molecular complexity index is 198. The van der Waals surface area contributed by atoms with E-state index in [1.807, 2.05) is 0 Å². The van der Waals surface area contributed by atoms with Gasteiger partial charge in [0.2, 0.25) is 5.91 Å². The van der Waals surface area contributed by atoms with Crippen molar-refractivity contribution in [2.75, 3.05) is 0 Å². The second-order valence-corrected chi connectivity index (χ2v) is 4.90. The van der Waals surface area contributed by atoms with E-state index >= 15 is 0 Å². The van der Waals surface area contributed by atoms with Crippen LogP contribution in [-0.4, -0.2) is 11.4 Å². The molecule has 1 amide bonds. The van der Waals surface area contributed by atoms with Gasteiger partial charge in [0.1, 0.15) is 0 Å². The molecule has 1 saturated heterocycles. The second kappa shape index (κ2) is 3.69. The van der Waals surface area contributed by atoms with Gasteiger partial charge in [-0.2, -0.15) is 0 Å². The molecule has 0 aliphatic carbocycles. The first-order valence-electron chi connectivity index (χ1n) is 5.28. The van der Waals surface area contributed by atoms with Crippen LogP contribution in [0.5, 0.6) is 0 Å². The Morgan fingerprint density at radius 1 is 1.62 bits per heavy atom. The summed E-state index contributed by atoms with van der Waals surface area (Å²) >= 11 is 0. The summed E-state index contributed by atoms with van der Waals surface area (Å²) in [6.45, 7) is 8.51. The van der Waals surface area contributed by atoms with Crippen molar-refractivity contribution in [3.63, 3.8) is 0 Å². The molecule has 0 aromatic rings. The van der Waals surface area contributed by atoms with Gasteiger partial charge < -0.3 is 5.32 Å². The van der Waals surface area contributed by atoms with E-state index in [4.69, 9.17) is 0 Å². The highest BCUT2D eigenvalue weighted by molar-refractivity contribution is 5.80. The highest BCUT2D eigenvalue weighted by Gasteiger charge is 2.34. The third-order valence-corrected chi connectivity index (χ3v) is 3.21. The molecule has 1 aliphatic rings. The van der Waals surface area contributed by atoms with Crippen molar-refractivity contribution in [2.24, 2.45) is 11.8 Å². The van der Waals surface area contributed by atoms with Gasteiger partial charge in [0, 0.05) is 11.5 Å². The molecule has 1 fully saturated rings. The highest BCUT2D eigenvalue weighted by atomic mass is 16.2. The monoisotopic (exact) mass is 183 g/mol. The maximum Gasteiger partial charge on any atom is 0.223 e. The van der Waals surface area contributed by atoms with Crippen LogP contribution in [0.25, 0.3) is 0 Å². The molecule has 1 rings (SSSR count). The molecule has 0 spiro atoms. The first kappa shape index (κ1) is 10.6. The lowest BCUT2D eigenvalue weighted by atomic mass is 9.79. The fraction of sp³-hybridized carbons (Fsp3) is 0.909. The van der Waals surface area contributed by atoms with Gasteiger partial charge in [-0.3, -0.25) is 4.79 Å². The van der Waals surface area contributed by atoms with E-state index in [0.29, 0.717) is 5.92 Å². The normalized spacial score (nSPS) is 29.5. The summed E-state index contributed by atoms with van der Waals surface area (Å²) in [5, 5.41) is 3.08. The van der Waals surface area contributed by atoms with Crippen LogP contribution in [0.15, 0.2) is 0 Å². The van der Waals surface area contributed by atoms with E-state index in [1.165, 1.54) is 0 Å². The van der Waals surface area contributed by atoms with Gasteiger partial charge in [-0.15, -0.1) is 0 Å². The molecule has 1 aliphatic heterocycles. The van der Waals surface area contributed by atoms with Crippen LogP contribution in [0.3, 0.4) is 0 Å². The summed E-state index contributed by atoms with van der Waals surface area (Å²) in [4.78, 5) is 11.7. The number of hydrogen-bond acceptors (Lipinski definition) is 1. The van der Waals surface area contributed by atoms with E-state index in [-0.39, 0.29) is 17.4 Å². The van der Waals surface area contributed by atoms with E-state index < -0.39 is 0 Å². The number of amides is 1. The number of carbonyl (C=O) groups is 1. The molecule has 2 heteroatoms. The minimum absolute atomic E-state index is 0.0149. The summed E-state index contributed by atoms with van der Waals surface area (Å²) in [7, 11) is 0. The van der Waals surface area contributed by atoms with Crippen LogP contribution in [0.2, 0.25) is 0 Å². The summed E-state index contributed by atoms with van der Waals surface area (Å²) in [6.07, 6.45) is 3.25. The Hall–Kier alpha value is -0.530. The van der Waals surface area contributed by atoms with E-state index in [2.05, 4.69) is 33.0 Å². The topological polar surface area (TPSA) is 29.1 Å². The third kappa shape index (κ3) is 2.45. The van der Waals surface area contributed by atoms with E-state index in [9.17, 15) is 4.79 Å². The van der Waals surface area contributed by atoms with Gasteiger partial charge in [-0.05, 0) is 32.6 Å². The van der Waals surface area contributed by atoms with Gasteiger partial charge in [-0.25, -0.2) is 0 Å². The summed E-state index contributed by atoms with van der Waals surface area (Å²) in [5.74, 6) is 1.03. The van der Waals surface area contributed by atoms with Crippen LogP contribution in [-0.2, 0) is 4.79 Å². The van der Waals surface area contributed by atoms with Gasteiger partial charge in [0.15, 0.2) is 0 Å². The van der Waals surface area contributed by atoms with Crippen LogP contribution < -0.4 is 5.32 Å². The van der Waals surface area contributed by atoms with Gasteiger partial charge in [-0.1, -0.05) is 20.3 Å². The summed E-state index contributed by atoms with van der Waals surface area (Å²) in [6, 6.07) is 0. The fourth-order valence-electron chi connectivity index (χ4n) is 1.96. The van der Waals surface area contributed by atoms with Crippen LogP contribution in [0.1, 0.15) is 47.0 Å². The molecule has 0 aromatic heterocycles. The van der Waals surface area contributed by atoms with Crippen molar-refractivity contribution >= 4 is 5.91 Å². The number of hydrogen-bond donors (Lipinski definition) is 1. The molecule has 13 heavy (non-hydrogen) atoms. The Morgan fingerprint density at radius 2 is 2.23 bits per heavy atom. The Balaban J connectivity index is 2.59. The van der Waals surface area contributed by atoms with Crippen molar-refractivity contribution in [1.82, 2.24) is 5.32 Å². The molecule has 2 unspecified atom stereocenters. The minimum Gasteiger partial charge on any atom is -0.351 e. The second-order valence-electron chi connectivity index (χ2n) is 4.90. The van der Waals surface area contributed by atoms with Gasteiger partial charge in [0.25, 0.3) is 0 Å². The molecule has 1 heterocycles. The molecule has 0 aromatic carbocycles. The highest BCUT2D eigenvalue weighted by Crippen LogP contribution is 2.29. The predicted molar refractivity (Wildman–Crippen MR) is 54.4 cm³/mol. The molecular weight excluding hydrogens is 162 g/mol. The lowest BCUT2D eigenvalue weighted by Gasteiger charge is -2.37. The molecular formula is C11H21NO. The molecule has 1 N–H and O–H groups in total. The minimum atomic E-state index is 0.0149. The van der Waals surface area contributed by atoms with Gasteiger partial charge in [0.05, 0.1) is 0 Å². The maximum atomic E-state index is 11.7. The van der Waals surface area contributed by atoms with Crippen molar-refractivity contribution in [2.45, 2.75) is 52.5 Å². The number of rotatable bonds is 2. The van der Waals surface area contributed by atoms with Crippen molar-refractivity contribution in [3.8, 4) is 0 Å². The molecule has 0 radical (unpaired) electrons. The Labute approximate surface area is 81.1 Å². The molecule has 0 saturated carbocycles. The standard InChI is InChI=1S/C11H21NO/c1-5-8(2)9-6-7-11(3,4)12-10(9)13/h8-9H,5-7H2,1-4H3,(H,12,13). The quantitative estimate of drug-likeness (QED) is 0.699. The molecule has 2 atom stereocenters. The summed E-state index contributed by atoms with van der Waals surface area (Å²) in [5.41, 5.74) is 0.0149. The number of nitrogens with one attached hydrogen (secondary N) is 1. The molecule has 76 valence electrons. The average molecular weight is 183 g/mol. The smallest absolute Gasteiger partial charge is 0.223 e. The van der Waals surface area contributed by atoms with E-state index in [0.717, 1.165) is 19.3 Å². The zero-order valence-corrected chi connectivity index (χ0v) is 9.18. The lowest BCUT2D eigenvalue weighted by Crippen LogP contribution is -2.51. The van der Waals surface area contributed by atoms with Crippen LogP contribution in [0.4, 0.5) is 0 Å². The average Bonchev–Trinajstić information content (AvgIpc) is 2.01. The Kier molecular flexibility index (Phi) is 2.99. The Morgan fingerprint density at radius 3 is 2.69 bits per heavy atom. The predicted octanol–water partition coefficient (Wildman–Crippen LogP) is 2.34. The van der Waals surface area contributed by atoms with E-state index in [1.54, 1.807) is 0 Å². The molecule has 0 bridgehead atoms. The largest absolute Gasteiger partial charge is 0.351 e. The SMILES string of the molecule is CCC(C)C1CCC(C)(C)NC1=O. The number of carbonyl (C=O) groups excluding carboxylic acids is 1. The zero-order valence-electron chi connectivity index (χ0n) is 9.18. The van der Waals surface area contributed by atoms with Gasteiger partial charge >= 0.3 is 0 Å². The first-order valence-corrected chi connectivity index (χ1v) is 5.28.